The molecular formula is C16H20N2O3. The summed E-state index contributed by atoms with van der Waals surface area (Å²) in [5.74, 6) is 0.577. The van der Waals surface area contributed by atoms with Crippen molar-refractivity contribution in [2.24, 2.45) is 0 Å². The minimum atomic E-state index is -0.0141. The molecule has 1 N–H and O–H groups in total. The summed E-state index contributed by atoms with van der Waals surface area (Å²) < 4.78 is 5.48. The molecule has 1 amide bonds. The average Bonchev–Trinajstić information content (AvgIpc) is 2.99. The van der Waals surface area contributed by atoms with Crippen molar-refractivity contribution in [3.8, 4) is 11.8 Å². The molecule has 1 aliphatic rings. The van der Waals surface area contributed by atoms with Crippen molar-refractivity contribution in [3.05, 3.63) is 29.8 Å². The van der Waals surface area contributed by atoms with E-state index in [1.54, 1.807) is 24.3 Å². The second-order valence-electron chi connectivity index (χ2n) is 5.17. The maximum Gasteiger partial charge on any atom is 0.260 e. The van der Waals surface area contributed by atoms with E-state index in [2.05, 4.69) is 0 Å². The molecule has 1 aromatic rings. The van der Waals surface area contributed by atoms with Crippen LogP contribution in [0.25, 0.3) is 0 Å². The van der Waals surface area contributed by atoms with Gasteiger partial charge in [-0.2, -0.15) is 5.26 Å². The number of ether oxygens (including phenoxy) is 1. The fourth-order valence-corrected chi connectivity index (χ4v) is 2.64. The minimum Gasteiger partial charge on any atom is -0.484 e. The molecule has 0 saturated carbocycles. The lowest BCUT2D eigenvalue weighted by Crippen LogP contribution is -2.38. The summed E-state index contributed by atoms with van der Waals surface area (Å²) >= 11 is 0. The molecule has 1 unspecified atom stereocenters. The van der Waals surface area contributed by atoms with E-state index in [4.69, 9.17) is 15.1 Å². The fraction of sp³-hybridized carbons (Fsp3) is 0.500. The van der Waals surface area contributed by atoms with Crippen LogP contribution in [0.5, 0.6) is 5.75 Å². The molecule has 0 radical (unpaired) electrons. The van der Waals surface area contributed by atoms with Crippen LogP contribution in [-0.2, 0) is 4.79 Å². The number of benzene rings is 1. The van der Waals surface area contributed by atoms with Gasteiger partial charge in [-0.3, -0.25) is 4.79 Å². The predicted molar refractivity (Wildman–Crippen MR) is 77.7 cm³/mol. The van der Waals surface area contributed by atoms with Crippen molar-refractivity contribution in [3.63, 3.8) is 0 Å². The Bertz CT molecular complexity index is 507. The Kier molecular flexibility index (Phi) is 5.59. The van der Waals surface area contributed by atoms with E-state index < -0.39 is 0 Å². The van der Waals surface area contributed by atoms with E-state index >= 15 is 0 Å². The summed E-state index contributed by atoms with van der Waals surface area (Å²) in [5.41, 5.74) is 0.567. The zero-order valence-corrected chi connectivity index (χ0v) is 12.0. The van der Waals surface area contributed by atoms with Gasteiger partial charge in [0.2, 0.25) is 0 Å². The Morgan fingerprint density at radius 2 is 2.19 bits per heavy atom. The number of carbonyl (C=O) groups is 1. The molecule has 0 aromatic heterocycles. The SMILES string of the molecule is N#Cc1ccc(OCC(=O)N2CCCC2CCCO)cc1. The Morgan fingerprint density at radius 1 is 1.43 bits per heavy atom. The third kappa shape index (κ3) is 4.20. The summed E-state index contributed by atoms with van der Waals surface area (Å²) in [6.45, 7) is 0.952. The number of amides is 1. The highest BCUT2D eigenvalue weighted by molar-refractivity contribution is 5.78. The third-order valence-corrected chi connectivity index (χ3v) is 3.74. The molecule has 21 heavy (non-hydrogen) atoms. The van der Waals surface area contributed by atoms with Crippen LogP contribution in [-0.4, -0.2) is 41.7 Å². The first kappa shape index (κ1) is 15.3. The first-order valence-electron chi connectivity index (χ1n) is 7.28. The van der Waals surface area contributed by atoms with Gasteiger partial charge in [0, 0.05) is 19.2 Å². The van der Waals surface area contributed by atoms with Crippen LogP contribution in [0, 0.1) is 11.3 Å². The highest BCUT2D eigenvalue weighted by Crippen LogP contribution is 2.21. The van der Waals surface area contributed by atoms with Crippen LogP contribution >= 0.6 is 0 Å². The third-order valence-electron chi connectivity index (χ3n) is 3.74. The smallest absolute Gasteiger partial charge is 0.260 e. The zero-order chi connectivity index (χ0) is 15.1. The minimum absolute atomic E-state index is 0.0141. The van der Waals surface area contributed by atoms with Crippen LogP contribution in [0.2, 0.25) is 0 Å². The highest BCUT2D eigenvalue weighted by atomic mass is 16.5. The van der Waals surface area contributed by atoms with Crippen molar-refractivity contribution >= 4 is 5.91 Å². The van der Waals surface area contributed by atoms with Gasteiger partial charge in [0.05, 0.1) is 11.6 Å². The molecule has 1 aliphatic heterocycles. The number of likely N-dealkylation sites (tertiary alicyclic amines) is 1. The van der Waals surface area contributed by atoms with E-state index in [-0.39, 0.29) is 25.2 Å². The number of rotatable bonds is 6. The van der Waals surface area contributed by atoms with Crippen molar-refractivity contribution in [2.75, 3.05) is 19.8 Å². The maximum absolute atomic E-state index is 12.2. The molecule has 0 aliphatic carbocycles. The Morgan fingerprint density at radius 3 is 2.86 bits per heavy atom. The molecule has 5 heteroatoms. The second kappa shape index (κ2) is 7.65. The van der Waals surface area contributed by atoms with Gasteiger partial charge in [-0.05, 0) is 49.9 Å². The van der Waals surface area contributed by atoms with E-state index in [0.717, 1.165) is 32.2 Å². The lowest BCUT2D eigenvalue weighted by atomic mass is 10.1. The van der Waals surface area contributed by atoms with Gasteiger partial charge in [-0.15, -0.1) is 0 Å². The van der Waals surface area contributed by atoms with E-state index in [1.165, 1.54) is 0 Å². The molecule has 1 heterocycles. The first-order valence-corrected chi connectivity index (χ1v) is 7.28. The van der Waals surface area contributed by atoms with Crippen molar-refractivity contribution in [1.82, 2.24) is 4.90 Å². The van der Waals surface area contributed by atoms with Crippen molar-refractivity contribution in [1.29, 1.82) is 5.26 Å². The number of hydrogen-bond acceptors (Lipinski definition) is 4. The summed E-state index contributed by atoms with van der Waals surface area (Å²) in [7, 11) is 0. The zero-order valence-electron chi connectivity index (χ0n) is 12.0. The fourth-order valence-electron chi connectivity index (χ4n) is 2.64. The Hall–Kier alpha value is -2.06. The largest absolute Gasteiger partial charge is 0.484 e. The number of nitriles is 1. The van der Waals surface area contributed by atoms with Crippen molar-refractivity contribution in [2.45, 2.75) is 31.7 Å². The maximum atomic E-state index is 12.2. The van der Waals surface area contributed by atoms with Crippen LogP contribution in [0.4, 0.5) is 0 Å². The molecular weight excluding hydrogens is 268 g/mol. The molecule has 1 atom stereocenters. The topological polar surface area (TPSA) is 73.6 Å². The van der Waals surface area contributed by atoms with Gasteiger partial charge in [0.15, 0.2) is 6.61 Å². The Labute approximate surface area is 124 Å². The number of hydrogen-bond donors (Lipinski definition) is 1. The number of carbonyl (C=O) groups excluding carboxylic acids is 1. The molecule has 0 bridgehead atoms. The second-order valence-corrected chi connectivity index (χ2v) is 5.17. The number of aliphatic hydroxyl groups is 1. The summed E-state index contributed by atoms with van der Waals surface area (Å²) in [4.78, 5) is 14.1. The van der Waals surface area contributed by atoms with Crippen LogP contribution in [0.15, 0.2) is 24.3 Å². The van der Waals surface area contributed by atoms with Crippen LogP contribution in [0.1, 0.15) is 31.2 Å². The lowest BCUT2D eigenvalue weighted by Gasteiger charge is -2.24. The first-order chi connectivity index (χ1) is 10.2. The van der Waals surface area contributed by atoms with E-state index in [0.29, 0.717) is 11.3 Å². The molecule has 1 saturated heterocycles. The van der Waals surface area contributed by atoms with E-state index in [9.17, 15) is 4.79 Å². The van der Waals surface area contributed by atoms with Crippen LogP contribution < -0.4 is 4.74 Å². The van der Waals surface area contributed by atoms with Gasteiger partial charge >= 0.3 is 0 Å². The standard InChI is InChI=1S/C16H20N2O3/c17-11-13-5-7-15(8-6-13)21-12-16(20)18-9-1-3-14(18)4-2-10-19/h5-8,14,19H,1-4,9-10,12H2. The summed E-state index contributed by atoms with van der Waals surface area (Å²) in [5, 5.41) is 17.6. The number of aliphatic hydroxyl groups excluding tert-OH is 1. The van der Waals surface area contributed by atoms with Gasteiger partial charge in [-0.1, -0.05) is 0 Å². The highest BCUT2D eigenvalue weighted by Gasteiger charge is 2.28. The van der Waals surface area contributed by atoms with Gasteiger partial charge in [0.25, 0.3) is 5.91 Å². The Balaban J connectivity index is 1.84. The molecule has 112 valence electrons. The predicted octanol–water partition coefficient (Wildman–Crippen LogP) is 1.70. The summed E-state index contributed by atoms with van der Waals surface area (Å²) in [6, 6.07) is 8.99. The normalized spacial score (nSPS) is 17.5. The molecule has 0 spiro atoms. The monoisotopic (exact) mass is 288 g/mol. The average molecular weight is 288 g/mol. The van der Waals surface area contributed by atoms with Crippen molar-refractivity contribution < 1.29 is 14.6 Å². The molecule has 1 fully saturated rings. The quantitative estimate of drug-likeness (QED) is 0.864. The molecule has 2 rings (SSSR count). The molecule has 1 aromatic carbocycles. The molecule has 5 nitrogen and oxygen atoms in total. The van der Waals surface area contributed by atoms with Gasteiger partial charge < -0.3 is 14.7 Å². The number of nitrogens with zero attached hydrogens (tertiary/aromatic N) is 2. The van der Waals surface area contributed by atoms with Gasteiger partial charge in [-0.25, -0.2) is 0 Å². The summed E-state index contributed by atoms with van der Waals surface area (Å²) in [6.07, 6.45) is 3.59. The lowest BCUT2D eigenvalue weighted by molar-refractivity contribution is -0.134. The van der Waals surface area contributed by atoms with E-state index in [1.807, 2.05) is 11.0 Å². The van der Waals surface area contributed by atoms with Gasteiger partial charge in [0.1, 0.15) is 5.75 Å². The van der Waals surface area contributed by atoms with Crippen LogP contribution in [0.3, 0.4) is 0 Å².